The summed E-state index contributed by atoms with van der Waals surface area (Å²) in [5.41, 5.74) is 3.03. The smallest absolute Gasteiger partial charge is 0.0798 e. The molecule has 1 heterocycles. The van der Waals surface area contributed by atoms with Crippen molar-refractivity contribution in [2.75, 3.05) is 19.8 Å². The molecule has 0 saturated heterocycles. The van der Waals surface area contributed by atoms with Crippen molar-refractivity contribution in [3.05, 3.63) is 16.1 Å². The fourth-order valence-electron chi connectivity index (χ4n) is 1.49. The van der Waals surface area contributed by atoms with Crippen molar-refractivity contribution in [3.63, 3.8) is 0 Å². The molecule has 0 aliphatic heterocycles. The number of ether oxygens (including phenoxy) is 1. The Kier molecular flexibility index (Phi) is 5.95. The van der Waals surface area contributed by atoms with Gasteiger partial charge in [0, 0.05) is 24.1 Å². The lowest BCUT2D eigenvalue weighted by molar-refractivity contribution is 0.110. The number of nitrogens with zero attached hydrogens (tertiary/aromatic N) is 1. The van der Waals surface area contributed by atoms with E-state index in [1.165, 1.54) is 4.88 Å². The number of thiazole rings is 1. The fourth-order valence-corrected chi connectivity index (χ4v) is 2.32. The number of rotatable bonds is 7. The van der Waals surface area contributed by atoms with Crippen LogP contribution in [0.3, 0.4) is 0 Å². The van der Waals surface area contributed by atoms with E-state index in [2.05, 4.69) is 38.0 Å². The molecule has 1 rings (SSSR count). The Bertz CT molecular complexity index is 299. The van der Waals surface area contributed by atoms with E-state index in [0.29, 0.717) is 12.0 Å². The Labute approximate surface area is 102 Å². The lowest BCUT2D eigenvalue weighted by atomic mass is 10.2. The molecule has 0 amide bonds. The normalized spacial score (nSPS) is 13.3. The molecule has 1 unspecified atom stereocenters. The number of nitrogens with one attached hydrogen (secondary N) is 1. The summed E-state index contributed by atoms with van der Waals surface area (Å²) in [5.74, 6) is 0.612. The molecule has 92 valence electrons. The van der Waals surface area contributed by atoms with Gasteiger partial charge in [0.25, 0.3) is 0 Å². The minimum absolute atomic E-state index is 0.371. The molecule has 0 spiro atoms. The maximum absolute atomic E-state index is 5.52. The molecule has 0 aliphatic carbocycles. The second-order valence-electron chi connectivity index (χ2n) is 4.45. The minimum atomic E-state index is 0.371. The molecule has 0 fully saturated rings. The average molecular weight is 242 g/mol. The van der Waals surface area contributed by atoms with Crippen molar-refractivity contribution < 1.29 is 4.74 Å². The Balaban J connectivity index is 2.16. The van der Waals surface area contributed by atoms with Gasteiger partial charge in [0.15, 0.2) is 0 Å². The van der Waals surface area contributed by atoms with Crippen molar-refractivity contribution in [3.8, 4) is 0 Å². The molecule has 16 heavy (non-hydrogen) atoms. The van der Waals surface area contributed by atoms with Crippen molar-refractivity contribution in [2.24, 2.45) is 5.92 Å². The molecule has 3 nitrogen and oxygen atoms in total. The number of hydrogen-bond donors (Lipinski definition) is 1. The summed E-state index contributed by atoms with van der Waals surface area (Å²) in [6, 6.07) is 0.371. The van der Waals surface area contributed by atoms with Crippen LogP contribution in [0.5, 0.6) is 0 Å². The zero-order valence-electron chi connectivity index (χ0n) is 10.6. The highest BCUT2D eigenvalue weighted by molar-refractivity contribution is 7.09. The first-order valence-corrected chi connectivity index (χ1v) is 6.70. The van der Waals surface area contributed by atoms with Gasteiger partial charge in [-0.3, -0.25) is 0 Å². The summed E-state index contributed by atoms with van der Waals surface area (Å²) < 4.78 is 5.52. The molecule has 0 radical (unpaired) electrons. The van der Waals surface area contributed by atoms with Gasteiger partial charge in [0.1, 0.15) is 0 Å². The first-order chi connectivity index (χ1) is 7.61. The van der Waals surface area contributed by atoms with Gasteiger partial charge >= 0.3 is 0 Å². The van der Waals surface area contributed by atoms with Crippen LogP contribution in [0.25, 0.3) is 0 Å². The molecular formula is C12H22N2OS. The highest BCUT2D eigenvalue weighted by atomic mass is 32.1. The van der Waals surface area contributed by atoms with Crippen LogP contribution in [0, 0.1) is 12.8 Å². The standard InChI is InChI=1S/C12H22N2OS/c1-9(2)7-15-6-5-13-10(3)12-11(4)14-8-16-12/h8-10,13H,5-7H2,1-4H3. The fraction of sp³-hybridized carbons (Fsp3) is 0.750. The van der Waals surface area contributed by atoms with Crippen LogP contribution >= 0.6 is 11.3 Å². The zero-order valence-corrected chi connectivity index (χ0v) is 11.4. The predicted molar refractivity (Wildman–Crippen MR) is 68.9 cm³/mol. The van der Waals surface area contributed by atoms with E-state index in [4.69, 9.17) is 4.74 Å². The van der Waals surface area contributed by atoms with Crippen LogP contribution in [-0.2, 0) is 4.74 Å². The van der Waals surface area contributed by atoms with Crippen LogP contribution in [0.15, 0.2) is 5.51 Å². The highest BCUT2D eigenvalue weighted by Gasteiger charge is 2.09. The Morgan fingerprint density at radius 3 is 2.75 bits per heavy atom. The highest BCUT2D eigenvalue weighted by Crippen LogP contribution is 2.20. The molecule has 1 atom stereocenters. The molecule has 1 N–H and O–H groups in total. The molecule has 1 aromatic heterocycles. The van der Waals surface area contributed by atoms with E-state index >= 15 is 0 Å². The van der Waals surface area contributed by atoms with Crippen molar-refractivity contribution in [2.45, 2.75) is 33.7 Å². The lowest BCUT2D eigenvalue weighted by Gasteiger charge is -2.13. The summed E-state index contributed by atoms with van der Waals surface area (Å²) in [5, 5.41) is 3.44. The van der Waals surface area contributed by atoms with Gasteiger partial charge in [0.05, 0.1) is 17.8 Å². The maximum atomic E-state index is 5.52. The number of aryl methyl sites for hydroxylation is 1. The van der Waals surface area contributed by atoms with Crippen molar-refractivity contribution >= 4 is 11.3 Å². The molecule has 0 aliphatic rings. The lowest BCUT2D eigenvalue weighted by Crippen LogP contribution is -2.23. The number of aromatic nitrogens is 1. The second kappa shape index (κ2) is 6.99. The summed E-state index contributed by atoms with van der Waals surface area (Å²) in [7, 11) is 0. The summed E-state index contributed by atoms with van der Waals surface area (Å²) in [4.78, 5) is 5.58. The van der Waals surface area contributed by atoms with Gasteiger partial charge in [-0.1, -0.05) is 13.8 Å². The largest absolute Gasteiger partial charge is 0.380 e. The van der Waals surface area contributed by atoms with Gasteiger partial charge in [-0.2, -0.15) is 0 Å². The Morgan fingerprint density at radius 1 is 1.44 bits per heavy atom. The van der Waals surface area contributed by atoms with E-state index < -0.39 is 0 Å². The number of hydrogen-bond acceptors (Lipinski definition) is 4. The first kappa shape index (κ1) is 13.6. The molecule has 4 heteroatoms. The molecular weight excluding hydrogens is 220 g/mol. The van der Waals surface area contributed by atoms with Crippen LogP contribution in [0.2, 0.25) is 0 Å². The average Bonchev–Trinajstić information content (AvgIpc) is 2.63. The van der Waals surface area contributed by atoms with E-state index in [-0.39, 0.29) is 0 Å². The van der Waals surface area contributed by atoms with Crippen LogP contribution in [-0.4, -0.2) is 24.7 Å². The molecule has 0 saturated carbocycles. The van der Waals surface area contributed by atoms with Crippen LogP contribution in [0.1, 0.15) is 37.4 Å². The van der Waals surface area contributed by atoms with Gasteiger partial charge in [-0.05, 0) is 19.8 Å². The van der Waals surface area contributed by atoms with E-state index in [1.54, 1.807) is 11.3 Å². The van der Waals surface area contributed by atoms with Crippen molar-refractivity contribution in [1.82, 2.24) is 10.3 Å². The van der Waals surface area contributed by atoms with Gasteiger partial charge in [-0.25, -0.2) is 4.98 Å². The molecule has 1 aromatic rings. The zero-order chi connectivity index (χ0) is 12.0. The maximum Gasteiger partial charge on any atom is 0.0798 e. The summed E-state index contributed by atoms with van der Waals surface area (Å²) in [6.45, 7) is 11.1. The molecule has 0 aromatic carbocycles. The Hall–Kier alpha value is -0.450. The predicted octanol–water partition coefficient (Wildman–Crippen LogP) is 2.77. The van der Waals surface area contributed by atoms with E-state index in [1.807, 2.05) is 5.51 Å². The van der Waals surface area contributed by atoms with Gasteiger partial charge < -0.3 is 10.1 Å². The SMILES string of the molecule is Cc1ncsc1C(C)NCCOCC(C)C. The third kappa shape index (κ3) is 4.60. The third-order valence-electron chi connectivity index (χ3n) is 2.32. The van der Waals surface area contributed by atoms with Crippen LogP contribution in [0.4, 0.5) is 0 Å². The van der Waals surface area contributed by atoms with Gasteiger partial charge in [0.2, 0.25) is 0 Å². The van der Waals surface area contributed by atoms with E-state index in [9.17, 15) is 0 Å². The first-order valence-electron chi connectivity index (χ1n) is 5.82. The monoisotopic (exact) mass is 242 g/mol. The minimum Gasteiger partial charge on any atom is -0.380 e. The topological polar surface area (TPSA) is 34.2 Å². The van der Waals surface area contributed by atoms with E-state index in [0.717, 1.165) is 25.5 Å². The summed E-state index contributed by atoms with van der Waals surface area (Å²) in [6.07, 6.45) is 0. The third-order valence-corrected chi connectivity index (χ3v) is 3.44. The molecule has 0 bridgehead atoms. The summed E-state index contributed by atoms with van der Waals surface area (Å²) >= 11 is 1.71. The van der Waals surface area contributed by atoms with Crippen LogP contribution < -0.4 is 5.32 Å². The second-order valence-corrected chi connectivity index (χ2v) is 5.33. The van der Waals surface area contributed by atoms with Crippen molar-refractivity contribution in [1.29, 1.82) is 0 Å². The van der Waals surface area contributed by atoms with Gasteiger partial charge in [-0.15, -0.1) is 11.3 Å². The Morgan fingerprint density at radius 2 is 2.19 bits per heavy atom. The quantitative estimate of drug-likeness (QED) is 0.747.